The van der Waals surface area contributed by atoms with Gasteiger partial charge in [-0.25, -0.2) is 0 Å². The predicted molar refractivity (Wildman–Crippen MR) is 156 cm³/mol. The van der Waals surface area contributed by atoms with Crippen LogP contribution >= 0.6 is 23.2 Å². The number of hydrogen-bond acceptors (Lipinski definition) is 3. The zero-order chi connectivity index (χ0) is 26.5. The average molecular weight is 558 g/mol. The molecule has 1 aliphatic carbocycles. The molecule has 38 heavy (non-hydrogen) atoms. The van der Waals surface area contributed by atoms with Crippen LogP contribution in [-0.4, -0.2) is 59.6 Å². The van der Waals surface area contributed by atoms with E-state index in [9.17, 15) is 9.90 Å². The molecule has 3 aliphatic rings. The van der Waals surface area contributed by atoms with Gasteiger partial charge in [0.05, 0.1) is 0 Å². The van der Waals surface area contributed by atoms with Crippen molar-refractivity contribution in [1.82, 2.24) is 9.80 Å². The van der Waals surface area contributed by atoms with E-state index in [2.05, 4.69) is 40.1 Å². The van der Waals surface area contributed by atoms with E-state index in [0.29, 0.717) is 17.8 Å². The molecular weight excluding hydrogens is 515 g/mol. The standard InChI is InChI=1S/C32H42Cl2N2O2/c33-28-16-25(17-29(34)19-28)9-4-6-23-12-14-35(15-13-23)20-27-21-36(22-30(27)26-10-2-1-3-11-26)31(32(37)38)18-24-7-5-8-24/h1-3,10-11,16-17,19,23-24,27,30-31H,4-9,12-15,18,20-22H2,(H,37,38)/t27-,30+,31+/m0/s1. The minimum Gasteiger partial charge on any atom is -0.480 e. The third-order valence-electron chi connectivity index (χ3n) is 9.40. The van der Waals surface area contributed by atoms with Gasteiger partial charge >= 0.3 is 5.97 Å². The van der Waals surface area contributed by atoms with Crippen LogP contribution in [-0.2, 0) is 11.2 Å². The van der Waals surface area contributed by atoms with Crippen molar-refractivity contribution in [3.8, 4) is 0 Å². The summed E-state index contributed by atoms with van der Waals surface area (Å²) in [6, 6.07) is 16.3. The molecule has 2 aromatic carbocycles. The van der Waals surface area contributed by atoms with Crippen molar-refractivity contribution >= 4 is 29.2 Å². The predicted octanol–water partition coefficient (Wildman–Crippen LogP) is 7.39. The average Bonchev–Trinajstić information content (AvgIpc) is 3.27. The summed E-state index contributed by atoms with van der Waals surface area (Å²) in [6.45, 7) is 5.12. The third kappa shape index (κ3) is 7.33. The number of rotatable bonds is 11. The highest BCUT2D eigenvalue weighted by atomic mass is 35.5. The Labute approximate surface area is 238 Å². The maximum atomic E-state index is 12.3. The molecule has 1 N–H and O–H groups in total. The van der Waals surface area contributed by atoms with Crippen LogP contribution in [0, 0.1) is 17.8 Å². The van der Waals surface area contributed by atoms with Gasteiger partial charge in [0.2, 0.25) is 0 Å². The molecule has 3 fully saturated rings. The van der Waals surface area contributed by atoms with E-state index in [1.807, 2.05) is 12.1 Å². The fraction of sp³-hybridized carbons (Fsp3) is 0.594. The summed E-state index contributed by atoms with van der Waals surface area (Å²) in [7, 11) is 0. The molecule has 2 heterocycles. The number of carboxylic acid groups (broad SMARTS) is 1. The Morgan fingerprint density at radius 2 is 1.66 bits per heavy atom. The summed E-state index contributed by atoms with van der Waals surface area (Å²) in [5.41, 5.74) is 2.60. The first-order valence-corrected chi connectivity index (χ1v) is 15.4. The molecule has 206 valence electrons. The molecule has 0 amide bonds. The molecule has 6 heteroatoms. The number of piperidine rings is 1. The maximum absolute atomic E-state index is 12.3. The lowest BCUT2D eigenvalue weighted by atomic mass is 9.80. The zero-order valence-electron chi connectivity index (χ0n) is 22.4. The molecular formula is C32H42Cl2N2O2. The van der Waals surface area contributed by atoms with E-state index >= 15 is 0 Å². The largest absolute Gasteiger partial charge is 0.480 e. The van der Waals surface area contributed by atoms with Crippen molar-refractivity contribution in [2.75, 3.05) is 32.7 Å². The number of aryl methyl sites for hydroxylation is 1. The van der Waals surface area contributed by atoms with Crippen LogP contribution in [0.4, 0.5) is 0 Å². The highest BCUT2D eigenvalue weighted by Gasteiger charge is 2.41. The summed E-state index contributed by atoms with van der Waals surface area (Å²) in [6.07, 6.45) is 10.4. The van der Waals surface area contributed by atoms with E-state index in [1.165, 1.54) is 56.1 Å². The Hall–Kier alpha value is -1.59. The van der Waals surface area contributed by atoms with Crippen LogP contribution in [0.5, 0.6) is 0 Å². The van der Waals surface area contributed by atoms with Crippen LogP contribution in [0.25, 0.3) is 0 Å². The van der Waals surface area contributed by atoms with Gasteiger partial charge in [0.25, 0.3) is 0 Å². The monoisotopic (exact) mass is 556 g/mol. The minimum absolute atomic E-state index is 0.336. The van der Waals surface area contributed by atoms with Crippen LogP contribution < -0.4 is 0 Å². The summed E-state index contributed by atoms with van der Waals surface area (Å²) < 4.78 is 0. The van der Waals surface area contributed by atoms with Crippen LogP contribution in [0.15, 0.2) is 48.5 Å². The first kappa shape index (κ1) is 28.0. The van der Waals surface area contributed by atoms with E-state index in [-0.39, 0.29) is 6.04 Å². The third-order valence-corrected chi connectivity index (χ3v) is 9.84. The van der Waals surface area contributed by atoms with Gasteiger partial charge in [0.1, 0.15) is 6.04 Å². The van der Waals surface area contributed by atoms with Crippen LogP contribution in [0.3, 0.4) is 0 Å². The van der Waals surface area contributed by atoms with Gasteiger partial charge in [-0.15, -0.1) is 0 Å². The first-order valence-electron chi connectivity index (χ1n) is 14.6. The fourth-order valence-corrected chi connectivity index (χ4v) is 7.58. The Kier molecular flexibility index (Phi) is 9.69. The molecule has 0 bridgehead atoms. The minimum atomic E-state index is -0.634. The van der Waals surface area contributed by atoms with Crippen molar-refractivity contribution in [2.45, 2.75) is 69.7 Å². The fourth-order valence-electron chi connectivity index (χ4n) is 7.01. The number of halogens is 2. The SMILES string of the molecule is O=C(O)[C@@H](CC1CCC1)N1C[C@H](CN2CCC(CCCc3cc(Cl)cc(Cl)c3)CC2)[C@@H](c2ccccc2)C1. The first-order chi connectivity index (χ1) is 18.4. The van der Waals surface area contributed by atoms with Crippen molar-refractivity contribution in [3.63, 3.8) is 0 Å². The van der Waals surface area contributed by atoms with E-state index < -0.39 is 5.97 Å². The van der Waals surface area contributed by atoms with Gasteiger partial charge in [-0.1, -0.05) is 79.2 Å². The van der Waals surface area contributed by atoms with Crippen molar-refractivity contribution in [1.29, 1.82) is 0 Å². The highest BCUT2D eigenvalue weighted by Crippen LogP contribution is 2.38. The smallest absolute Gasteiger partial charge is 0.320 e. The molecule has 0 aromatic heterocycles. The molecule has 5 rings (SSSR count). The highest BCUT2D eigenvalue weighted by molar-refractivity contribution is 6.34. The van der Waals surface area contributed by atoms with Crippen LogP contribution in [0.1, 0.15) is 68.4 Å². The number of hydrogen-bond donors (Lipinski definition) is 1. The number of nitrogens with zero attached hydrogens (tertiary/aromatic N) is 2. The molecule has 0 radical (unpaired) electrons. The number of benzene rings is 2. The van der Waals surface area contributed by atoms with Gasteiger partial charge < -0.3 is 10.0 Å². The molecule has 3 atom stereocenters. The molecule has 2 aliphatic heterocycles. The molecule has 4 nitrogen and oxygen atoms in total. The summed E-state index contributed by atoms with van der Waals surface area (Å²) in [4.78, 5) is 17.2. The van der Waals surface area contributed by atoms with E-state index in [0.717, 1.165) is 61.5 Å². The lowest BCUT2D eigenvalue weighted by Crippen LogP contribution is -2.43. The second-order valence-electron chi connectivity index (χ2n) is 12.0. The maximum Gasteiger partial charge on any atom is 0.320 e. The quantitative estimate of drug-likeness (QED) is 0.313. The van der Waals surface area contributed by atoms with E-state index in [4.69, 9.17) is 23.2 Å². The second kappa shape index (κ2) is 13.2. The Morgan fingerprint density at radius 3 is 2.29 bits per heavy atom. The van der Waals surface area contributed by atoms with Gasteiger partial charge in [0, 0.05) is 35.6 Å². The lowest BCUT2D eigenvalue weighted by Gasteiger charge is -2.35. The molecule has 2 saturated heterocycles. The van der Waals surface area contributed by atoms with Crippen molar-refractivity contribution in [3.05, 3.63) is 69.7 Å². The van der Waals surface area contributed by atoms with Gasteiger partial charge in [0.15, 0.2) is 0 Å². The Morgan fingerprint density at radius 1 is 0.947 bits per heavy atom. The topological polar surface area (TPSA) is 43.8 Å². The Balaban J connectivity index is 1.14. The number of carbonyl (C=O) groups is 1. The van der Waals surface area contributed by atoms with Gasteiger partial charge in [-0.05, 0) is 92.3 Å². The number of carboxylic acids is 1. The normalized spacial score (nSPS) is 24.4. The van der Waals surface area contributed by atoms with Crippen LogP contribution in [0.2, 0.25) is 10.0 Å². The number of aliphatic carboxylic acids is 1. The van der Waals surface area contributed by atoms with E-state index in [1.54, 1.807) is 6.07 Å². The van der Waals surface area contributed by atoms with Crippen molar-refractivity contribution < 1.29 is 9.90 Å². The molecule has 2 aromatic rings. The Bertz CT molecular complexity index is 1030. The van der Waals surface area contributed by atoms with Gasteiger partial charge in [-0.2, -0.15) is 0 Å². The van der Waals surface area contributed by atoms with Crippen molar-refractivity contribution in [2.24, 2.45) is 17.8 Å². The summed E-state index contributed by atoms with van der Waals surface area (Å²) in [5.74, 6) is 1.63. The summed E-state index contributed by atoms with van der Waals surface area (Å²) >= 11 is 12.3. The lowest BCUT2D eigenvalue weighted by molar-refractivity contribution is -0.144. The van der Waals surface area contributed by atoms with Gasteiger partial charge in [-0.3, -0.25) is 9.69 Å². The zero-order valence-corrected chi connectivity index (χ0v) is 23.9. The molecule has 1 saturated carbocycles. The second-order valence-corrected chi connectivity index (χ2v) is 12.9. The number of likely N-dealkylation sites (tertiary alicyclic amines) is 2. The molecule has 0 spiro atoms. The molecule has 0 unspecified atom stereocenters. The summed E-state index contributed by atoms with van der Waals surface area (Å²) in [5, 5.41) is 11.5.